The van der Waals surface area contributed by atoms with Crippen LogP contribution in [0.2, 0.25) is 0 Å². The molecule has 2 rings (SSSR count). The van der Waals surface area contributed by atoms with Gasteiger partial charge in [0, 0.05) is 6.54 Å². The van der Waals surface area contributed by atoms with Gasteiger partial charge in [-0.3, -0.25) is 4.79 Å². The van der Waals surface area contributed by atoms with Gasteiger partial charge in [-0.2, -0.15) is 0 Å². The highest BCUT2D eigenvalue weighted by Gasteiger charge is 2.26. The van der Waals surface area contributed by atoms with Gasteiger partial charge in [0.25, 0.3) is 0 Å². The number of carboxylic acids is 1. The first-order valence-electron chi connectivity index (χ1n) is 7.02. The maximum absolute atomic E-state index is 10.9. The summed E-state index contributed by atoms with van der Waals surface area (Å²) in [5, 5.41) is 9.01. The van der Waals surface area contributed by atoms with E-state index in [1.165, 1.54) is 11.1 Å². The number of aliphatic carboxylic acids is 1. The van der Waals surface area contributed by atoms with Crippen LogP contribution in [0.25, 0.3) is 0 Å². The van der Waals surface area contributed by atoms with Gasteiger partial charge < -0.3 is 10.0 Å². The van der Waals surface area contributed by atoms with Crippen LogP contribution in [-0.4, -0.2) is 30.1 Å². The van der Waals surface area contributed by atoms with Gasteiger partial charge in [0.1, 0.15) is 0 Å². The molecule has 0 bridgehead atoms. The number of carboxylic acid groups (broad SMARTS) is 1. The predicted octanol–water partition coefficient (Wildman–Crippen LogP) is 3.11. The molecule has 0 saturated heterocycles. The Morgan fingerprint density at radius 2 is 1.74 bits per heavy atom. The summed E-state index contributed by atoms with van der Waals surface area (Å²) in [5.41, 5.74) is 2.69. The molecule has 19 heavy (non-hydrogen) atoms. The summed E-state index contributed by atoms with van der Waals surface area (Å²) in [6.45, 7) is 0.964. The van der Waals surface area contributed by atoms with Gasteiger partial charge in [-0.25, -0.2) is 0 Å². The second-order valence-corrected chi connectivity index (χ2v) is 5.87. The number of benzene rings is 1. The maximum atomic E-state index is 10.9. The second kappa shape index (κ2) is 6.20. The lowest BCUT2D eigenvalue weighted by atomic mass is 9.78. The fourth-order valence-corrected chi connectivity index (χ4v) is 2.93. The molecular weight excluding hydrogens is 238 g/mol. The van der Waals surface area contributed by atoms with Crippen molar-refractivity contribution < 1.29 is 9.90 Å². The highest BCUT2D eigenvalue weighted by molar-refractivity contribution is 5.70. The van der Waals surface area contributed by atoms with E-state index in [4.69, 9.17) is 5.11 Å². The van der Waals surface area contributed by atoms with Crippen molar-refractivity contribution in [1.82, 2.24) is 4.90 Å². The van der Waals surface area contributed by atoms with Crippen LogP contribution >= 0.6 is 0 Å². The second-order valence-electron chi connectivity index (χ2n) is 5.87. The van der Waals surface area contributed by atoms with Crippen molar-refractivity contribution in [2.75, 3.05) is 14.1 Å². The van der Waals surface area contributed by atoms with Crippen LogP contribution in [-0.2, 0) is 11.3 Å². The topological polar surface area (TPSA) is 40.5 Å². The molecular formula is C16H23NO2. The quantitative estimate of drug-likeness (QED) is 0.905. The van der Waals surface area contributed by atoms with Gasteiger partial charge in [0.15, 0.2) is 0 Å². The van der Waals surface area contributed by atoms with Crippen molar-refractivity contribution in [1.29, 1.82) is 0 Å². The Morgan fingerprint density at radius 3 is 2.21 bits per heavy atom. The minimum Gasteiger partial charge on any atom is -0.481 e. The third-order valence-electron chi connectivity index (χ3n) is 4.03. The molecule has 1 aromatic carbocycles. The summed E-state index contributed by atoms with van der Waals surface area (Å²) in [6.07, 6.45) is 3.65. The molecule has 1 saturated carbocycles. The maximum Gasteiger partial charge on any atom is 0.306 e. The lowest BCUT2D eigenvalue weighted by Crippen LogP contribution is -2.20. The molecule has 1 fully saturated rings. The molecule has 104 valence electrons. The molecule has 1 aliphatic carbocycles. The molecule has 1 N–H and O–H groups in total. The zero-order chi connectivity index (χ0) is 13.8. The zero-order valence-corrected chi connectivity index (χ0v) is 11.8. The molecule has 0 spiro atoms. The summed E-state index contributed by atoms with van der Waals surface area (Å²) < 4.78 is 0. The molecule has 3 nitrogen and oxygen atoms in total. The van der Waals surface area contributed by atoms with E-state index >= 15 is 0 Å². The summed E-state index contributed by atoms with van der Waals surface area (Å²) in [6, 6.07) is 8.81. The zero-order valence-electron chi connectivity index (χ0n) is 11.8. The number of hydrogen-bond donors (Lipinski definition) is 1. The SMILES string of the molecule is CN(C)Cc1ccc(C2CCC(C(=O)O)CC2)cc1. The van der Waals surface area contributed by atoms with E-state index in [0.29, 0.717) is 5.92 Å². The van der Waals surface area contributed by atoms with Crippen molar-refractivity contribution >= 4 is 5.97 Å². The van der Waals surface area contributed by atoms with Crippen LogP contribution in [0, 0.1) is 5.92 Å². The van der Waals surface area contributed by atoms with E-state index in [-0.39, 0.29) is 5.92 Å². The number of hydrogen-bond acceptors (Lipinski definition) is 2. The van der Waals surface area contributed by atoms with Crippen molar-refractivity contribution in [2.45, 2.75) is 38.1 Å². The van der Waals surface area contributed by atoms with E-state index in [1.54, 1.807) is 0 Å². The first-order chi connectivity index (χ1) is 9.06. The Morgan fingerprint density at radius 1 is 1.16 bits per heavy atom. The molecule has 0 heterocycles. The Kier molecular flexibility index (Phi) is 4.59. The fourth-order valence-electron chi connectivity index (χ4n) is 2.93. The fraction of sp³-hybridized carbons (Fsp3) is 0.562. The third-order valence-corrected chi connectivity index (χ3v) is 4.03. The van der Waals surface area contributed by atoms with Crippen LogP contribution in [0.5, 0.6) is 0 Å². The number of nitrogens with zero attached hydrogens (tertiary/aromatic N) is 1. The minimum atomic E-state index is -0.625. The van der Waals surface area contributed by atoms with Gasteiger partial charge in [-0.15, -0.1) is 0 Å². The highest BCUT2D eigenvalue weighted by atomic mass is 16.4. The molecule has 1 aromatic rings. The van der Waals surface area contributed by atoms with Crippen LogP contribution in [0.3, 0.4) is 0 Å². The normalized spacial score (nSPS) is 23.5. The first kappa shape index (κ1) is 14.1. The summed E-state index contributed by atoms with van der Waals surface area (Å²) in [4.78, 5) is 13.1. The average molecular weight is 261 g/mol. The monoisotopic (exact) mass is 261 g/mol. The highest BCUT2D eigenvalue weighted by Crippen LogP contribution is 2.35. The molecule has 0 aliphatic heterocycles. The van der Waals surface area contributed by atoms with Crippen molar-refractivity contribution in [2.24, 2.45) is 5.92 Å². The standard InChI is InChI=1S/C16H23NO2/c1-17(2)11-12-3-5-13(6-4-12)14-7-9-15(10-8-14)16(18)19/h3-6,14-15H,7-11H2,1-2H3,(H,18,19). The summed E-state index contributed by atoms with van der Waals surface area (Å²) >= 11 is 0. The molecule has 0 radical (unpaired) electrons. The molecule has 0 amide bonds. The Balaban J connectivity index is 1.94. The van der Waals surface area contributed by atoms with Crippen LogP contribution in [0.1, 0.15) is 42.7 Å². The lowest BCUT2D eigenvalue weighted by Gasteiger charge is -2.26. The van der Waals surface area contributed by atoms with Gasteiger partial charge in [-0.1, -0.05) is 24.3 Å². The van der Waals surface area contributed by atoms with Gasteiger partial charge in [-0.05, 0) is 56.8 Å². The molecule has 0 unspecified atom stereocenters. The van der Waals surface area contributed by atoms with Crippen LogP contribution < -0.4 is 0 Å². The Hall–Kier alpha value is -1.35. The van der Waals surface area contributed by atoms with E-state index in [9.17, 15) is 4.79 Å². The van der Waals surface area contributed by atoms with Crippen LogP contribution in [0.15, 0.2) is 24.3 Å². The van der Waals surface area contributed by atoms with Crippen LogP contribution in [0.4, 0.5) is 0 Å². The van der Waals surface area contributed by atoms with Crippen molar-refractivity contribution in [3.05, 3.63) is 35.4 Å². The van der Waals surface area contributed by atoms with Gasteiger partial charge in [0.05, 0.1) is 5.92 Å². The average Bonchev–Trinajstić information content (AvgIpc) is 2.39. The minimum absolute atomic E-state index is 0.121. The third kappa shape index (κ3) is 3.80. The molecule has 1 aliphatic rings. The van der Waals surface area contributed by atoms with Crippen molar-refractivity contribution in [3.63, 3.8) is 0 Å². The van der Waals surface area contributed by atoms with Gasteiger partial charge >= 0.3 is 5.97 Å². The van der Waals surface area contributed by atoms with E-state index in [1.807, 2.05) is 0 Å². The van der Waals surface area contributed by atoms with E-state index in [2.05, 4.69) is 43.3 Å². The largest absolute Gasteiger partial charge is 0.481 e. The smallest absolute Gasteiger partial charge is 0.306 e. The number of rotatable bonds is 4. The van der Waals surface area contributed by atoms with E-state index in [0.717, 1.165) is 32.2 Å². The summed E-state index contributed by atoms with van der Waals surface area (Å²) in [5.74, 6) is -0.201. The molecule has 0 atom stereocenters. The number of carbonyl (C=O) groups is 1. The predicted molar refractivity (Wildman–Crippen MR) is 76.2 cm³/mol. The molecule has 0 aromatic heterocycles. The Bertz CT molecular complexity index is 417. The summed E-state index contributed by atoms with van der Waals surface area (Å²) in [7, 11) is 4.14. The molecule has 3 heteroatoms. The van der Waals surface area contributed by atoms with E-state index < -0.39 is 5.97 Å². The Labute approximate surface area is 115 Å². The van der Waals surface area contributed by atoms with Crippen molar-refractivity contribution in [3.8, 4) is 0 Å². The first-order valence-corrected chi connectivity index (χ1v) is 7.02. The van der Waals surface area contributed by atoms with Gasteiger partial charge in [0.2, 0.25) is 0 Å². The lowest BCUT2D eigenvalue weighted by molar-refractivity contribution is -0.142.